The Labute approximate surface area is 160 Å². The van der Waals surface area contributed by atoms with Crippen LogP contribution in [-0.4, -0.2) is 48.4 Å². The van der Waals surface area contributed by atoms with Gasteiger partial charge < -0.3 is 5.32 Å². The van der Waals surface area contributed by atoms with E-state index >= 15 is 0 Å². The molecule has 0 aliphatic carbocycles. The predicted molar refractivity (Wildman–Crippen MR) is 106 cm³/mol. The van der Waals surface area contributed by atoms with Crippen LogP contribution in [0.25, 0.3) is 0 Å². The molecule has 1 aliphatic heterocycles. The molecule has 0 unspecified atom stereocenters. The first-order chi connectivity index (χ1) is 12.6. The van der Waals surface area contributed by atoms with Crippen LogP contribution in [-0.2, 0) is 17.9 Å². The highest BCUT2D eigenvalue weighted by molar-refractivity contribution is 6.31. The van der Waals surface area contributed by atoms with Crippen LogP contribution in [0.1, 0.15) is 16.7 Å². The zero-order valence-electron chi connectivity index (χ0n) is 15.2. The SMILES string of the molecule is Cc1cccc(CN2CCN(CC(=O)NCc3ccccc3Cl)CC2)c1. The molecular formula is C21H26ClN3O. The zero-order chi connectivity index (χ0) is 18.4. The minimum atomic E-state index is 0.0528. The number of piperazine rings is 1. The summed E-state index contributed by atoms with van der Waals surface area (Å²) in [4.78, 5) is 16.9. The fourth-order valence-electron chi connectivity index (χ4n) is 3.27. The van der Waals surface area contributed by atoms with E-state index in [-0.39, 0.29) is 5.91 Å². The number of nitrogens with zero attached hydrogens (tertiary/aromatic N) is 2. The third kappa shape index (κ3) is 5.56. The van der Waals surface area contributed by atoms with Crippen molar-refractivity contribution < 1.29 is 4.79 Å². The van der Waals surface area contributed by atoms with Gasteiger partial charge >= 0.3 is 0 Å². The normalized spacial score (nSPS) is 15.8. The molecule has 3 rings (SSSR count). The Balaban J connectivity index is 1.39. The molecule has 0 radical (unpaired) electrons. The van der Waals surface area contributed by atoms with E-state index in [4.69, 9.17) is 11.6 Å². The van der Waals surface area contributed by atoms with Gasteiger partial charge in [-0.1, -0.05) is 59.6 Å². The molecule has 0 saturated carbocycles. The summed E-state index contributed by atoms with van der Waals surface area (Å²) in [6, 6.07) is 16.3. The number of amides is 1. The average Bonchev–Trinajstić information content (AvgIpc) is 2.63. The van der Waals surface area contributed by atoms with Crippen molar-refractivity contribution in [3.63, 3.8) is 0 Å². The third-order valence-corrected chi connectivity index (χ3v) is 5.12. The molecule has 0 atom stereocenters. The van der Waals surface area contributed by atoms with Crippen LogP contribution in [0.5, 0.6) is 0 Å². The fourth-order valence-corrected chi connectivity index (χ4v) is 3.47. The lowest BCUT2D eigenvalue weighted by Crippen LogP contribution is -2.49. The van der Waals surface area contributed by atoms with Crippen LogP contribution in [0.3, 0.4) is 0 Å². The third-order valence-electron chi connectivity index (χ3n) is 4.75. The number of aryl methyl sites for hydroxylation is 1. The average molecular weight is 372 g/mol. The van der Waals surface area contributed by atoms with Crippen molar-refractivity contribution in [1.29, 1.82) is 0 Å². The number of rotatable bonds is 6. The molecule has 4 nitrogen and oxygen atoms in total. The molecule has 1 heterocycles. The van der Waals surface area contributed by atoms with Crippen molar-refractivity contribution in [1.82, 2.24) is 15.1 Å². The number of carbonyl (C=O) groups excluding carboxylic acids is 1. The molecule has 1 aliphatic rings. The lowest BCUT2D eigenvalue weighted by atomic mass is 10.1. The smallest absolute Gasteiger partial charge is 0.234 e. The monoisotopic (exact) mass is 371 g/mol. The first kappa shape index (κ1) is 18.9. The van der Waals surface area contributed by atoms with Gasteiger partial charge in [0.05, 0.1) is 6.54 Å². The molecule has 2 aromatic carbocycles. The maximum atomic E-state index is 12.2. The fraction of sp³-hybridized carbons (Fsp3) is 0.381. The van der Waals surface area contributed by atoms with Gasteiger partial charge in [0.25, 0.3) is 0 Å². The van der Waals surface area contributed by atoms with Crippen LogP contribution in [0, 0.1) is 6.92 Å². The Morgan fingerprint density at radius 3 is 2.50 bits per heavy atom. The predicted octanol–water partition coefficient (Wildman–Crippen LogP) is 3.08. The Morgan fingerprint density at radius 1 is 1.04 bits per heavy atom. The topological polar surface area (TPSA) is 35.6 Å². The first-order valence-electron chi connectivity index (χ1n) is 9.10. The molecule has 0 aromatic heterocycles. The second-order valence-electron chi connectivity index (χ2n) is 6.91. The number of hydrogen-bond donors (Lipinski definition) is 1. The molecule has 1 saturated heterocycles. The summed E-state index contributed by atoms with van der Waals surface area (Å²) < 4.78 is 0. The summed E-state index contributed by atoms with van der Waals surface area (Å²) in [5.74, 6) is 0.0528. The van der Waals surface area contributed by atoms with E-state index in [1.54, 1.807) is 0 Å². The Morgan fingerprint density at radius 2 is 1.77 bits per heavy atom. The second-order valence-corrected chi connectivity index (χ2v) is 7.32. The lowest BCUT2D eigenvalue weighted by molar-refractivity contribution is -0.122. The lowest BCUT2D eigenvalue weighted by Gasteiger charge is -2.34. The van der Waals surface area contributed by atoms with Gasteiger partial charge in [-0.3, -0.25) is 14.6 Å². The van der Waals surface area contributed by atoms with Gasteiger partial charge in [0.15, 0.2) is 0 Å². The van der Waals surface area contributed by atoms with E-state index in [0.29, 0.717) is 18.1 Å². The second kappa shape index (κ2) is 9.17. The summed E-state index contributed by atoms with van der Waals surface area (Å²) in [7, 11) is 0. The van der Waals surface area contributed by atoms with Crippen molar-refractivity contribution in [3.05, 3.63) is 70.2 Å². The molecule has 1 amide bonds. The molecular weight excluding hydrogens is 346 g/mol. The van der Waals surface area contributed by atoms with Crippen LogP contribution in [0.2, 0.25) is 5.02 Å². The minimum absolute atomic E-state index is 0.0528. The van der Waals surface area contributed by atoms with E-state index in [0.717, 1.165) is 38.3 Å². The van der Waals surface area contributed by atoms with Crippen molar-refractivity contribution in [2.24, 2.45) is 0 Å². The van der Waals surface area contributed by atoms with E-state index in [2.05, 4.69) is 46.3 Å². The highest BCUT2D eigenvalue weighted by atomic mass is 35.5. The van der Waals surface area contributed by atoms with Gasteiger partial charge in [-0.15, -0.1) is 0 Å². The van der Waals surface area contributed by atoms with Crippen LogP contribution in [0.4, 0.5) is 0 Å². The van der Waals surface area contributed by atoms with Crippen molar-refractivity contribution in [2.45, 2.75) is 20.0 Å². The van der Waals surface area contributed by atoms with E-state index in [9.17, 15) is 4.79 Å². The number of benzene rings is 2. The van der Waals surface area contributed by atoms with Gasteiger partial charge in [0.1, 0.15) is 0 Å². The number of hydrogen-bond acceptors (Lipinski definition) is 3. The largest absolute Gasteiger partial charge is 0.351 e. The Hall–Kier alpha value is -1.88. The summed E-state index contributed by atoms with van der Waals surface area (Å²) >= 11 is 6.12. The van der Waals surface area contributed by atoms with Gasteiger partial charge in [-0.05, 0) is 24.1 Å². The van der Waals surface area contributed by atoms with E-state index in [1.165, 1.54) is 11.1 Å². The van der Waals surface area contributed by atoms with Gasteiger partial charge in [-0.2, -0.15) is 0 Å². The summed E-state index contributed by atoms with van der Waals surface area (Å²) in [5.41, 5.74) is 3.61. The standard InChI is InChI=1S/C21H26ClN3O/c1-17-5-4-6-18(13-17)15-24-9-11-25(12-10-24)16-21(26)23-14-19-7-2-3-8-20(19)22/h2-8,13H,9-12,14-16H2,1H3,(H,23,26). The maximum Gasteiger partial charge on any atom is 0.234 e. The molecule has 0 bridgehead atoms. The van der Waals surface area contributed by atoms with Gasteiger partial charge in [0.2, 0.25) is 5.91 Å². The highest BCUT2D eigenvalue weighted by Crippen LogP contribution is 2.14. The number of halogens is 1. The molecule has 1 fully saturated rings. The first-order valence-corrected chi connectivity index (χ1v) is 9.48. The zero-order valence-corrected chi connectivity index (χ0v) is 16.0. The number of carbonyl (C=O) groups is 1. The molecule has 26 heavy (non-hydrogen) atoms. The molecule has 0 spiro atoms. The number of nitrogens with one attached hydrogen (secondary N) is 1. The molecule has 5 heteroatoms. The van der Waals surface area contributed by atoms with Gasteiger partial charge in [-0.25, -0.2) is 0 Å². The van der Waals surface area contributed by atoms with E-state index < -0.39 is 0 Å². The van der Waals surface area contributed by atoms with E-state index in [1.807, 2.05) is 24.3 Å². The van der Waals surface area contributed by atoms with Crippen LogP contribution < -0.4 is 5.32 Å². The van der Waals surface area contributed by atoms with Crippen LogP contribution in [0.15, 0.2) is 48.5 Å². The Bertz CT molecular complexity index is 742. The summed E-state index contributed by atoms with van der Waals surface area (Å²) in [5, 5.41) is 3.66. The quantitative estimate of drug-likeness (QED) is 0.847. The molecule has 1 N–H and O–H groups in total. The minimum Gasteiger partial charge on any atom is -0.351 e. The van der Waals surface area contributed by atoms with Gasteiger partial charge in [0, 0.05) is 44.3 Å². The highest BCUT2D eigenvalue weighted by Gasteiger charge is 2.19. The Kier molecular flexibility index (Phi) is 6.67. The molecule has 138 valence electrons. The maximum absolute atomic E-state index is 12.2. The summed E-state index contributed by atoms with van der Waals surface area (Å²) in [6.45, 7) is 7.86. The molecule has 2 aromatic rings. The van der Waals surface area contributed by atoms with Crippen LogP contribution >= 0.6 is 11.6 Å². The van der Waals surface area contributed by atoms with Crippen molar-refractivity contribution in [2.75, 3.05) is 32.7 Å². The van der Waals surface area contributed by atoms with Crippen molar-refractivity contribution in [3.8, 4) is 0 Å². The summed E-state index contributed by atoms with van der Waals surface area (Å²) in [6.07, 6.45) is 0. The van der Waals surface area contributed by atoms with Crippen molar-refractivity contribution >= 4 is 17.5 Å².